The van der Waals surface area contributed by atoms with E-state index < -0.39 is 17.4 Å². The zero-order chi connectivity index (χ0) is 11.6. The van der Waals surface area contributed by atoms with Crippen molar-refractivity contribution in [2.24, 2.45) is 0 Å². The zero-order valence-electron chi connectivity index (χ0n) is 8.26. The molecule has 0 aliphatic rings. The Morgan fingerprint density at radius 3 is 2.40 bits per heavy atom. The van der Waals surface area contributed by atoms with Crippen LogP contribution in [0.2, 0.25) is 0 Å². The van der Waals surface area contributed by atoms with E-state index in [0.29, 0.717) is 5.56 Å². The molecule has 0 spiro atoms. The van der Waals surface area contributed by atoms with E-state index in [2.05, 4.69) is 4.98 Å². The smallest absolute Gasteiger partial charge is 0.250 e. The van der Waals surface area contributed by atoms with Gasteiger partial charge >= 0.3 is 6.18 Å². The molecular weight excluding hydrogens is 205 g/mol. The summed E-state index contributed by atoms with van der Waals surface area (Å²) in [6.07, 6.45) is -3.41. The number of rotatable bonds is 1. The zero-order valence-corrected chi connectivity index (χ0v) is 8.26. The van der Waals surface area contributed by atoms with Crippen LogP contribution in [0.15, 0.2) is 12.3 Å². The standard InChI is InChI=1S/C10H9F3N2/c1-6(2)8-3-7(4-14)9(15-5-8)10(11,12)13/h3,5-6H,1-2H3. The fourth-order valence-electron chi connectivity index (χ4n) is 1.11. The molecule has 0 N–H and O–H groups in total. The van der Waals surface area contributed by atoms with Crippen LogP contribution in [0.3, 0.4) is 0 Å². The highest BCUT2D eigenvalue weighted by atomic mass is 19.4. The summed E-state index contributed by atoms with van der Waals surface area (Å²) >= 11 is 0. The normalized spacial score (nSPS) is 11.5. The van der Waals surface area contributed by atoms with Crippen LogP contribution in [-0.2, 0) is 6.18 Å². The van der Waals surface area contributed by atoms with Crippen molar-refractivity contribution >= 4 is 0 Å². The highest BCUT2D eigenvalue weighted by Gasteiger charge is 2.35. The molecule has 0 amide bonds. The number of hydrogen-bond acceptors (Lipinski definition) is 2. The summed E-state index contributed by atoms with van der Waals surface area (Å²) in [4.78, 5) is 3.29. The van der Waals surface area contributed by atoms with E-state index in [4.69, 9.17) is 5.26 Å². The Kier molecular flexibility index (Phi) is 2.98. The minimum atomic E-state index is -4.57. The van der Waals surface area contributed by atoms with Crippen molar-refractivity contribution in [3.63, 3.8) is 0 Å². The fraction of sp³-hybridized carbons (Fsp3) is 0.400. The maximum absolute atomic E-state index is 12.4. The number of nitriles is 1. The van der Waals surface area contributed by atoms with Crippen molar-refractivity contribution in [1.82, 2.24) is 4.98 Å². The first-order valence-electron chi connectivity index (χ1n) is 4.33. The Bertz CT molecular complexity index is 402. The third kappa shape index (κ3) is 2.46. The SMILES string of the molecule is CC(C)c1cnc(C(F)(F)F)c(C#N)c1. The highest BCUT2D eigenvalue weighted by molar-refractivity contribution is 5.38. The third-order valence-corrected chi connectivity index (χ3v) is 1.96. The van der Waals surface area contributed by atoms with Gasteiger partial charge < -0.3 is 0 Å². The molecule has 5 heteroatoms. The summed E-state index contributed by atoms with van der Waals surface area (Å²) in [6.45, 7) is 3.65. The molecule has 15 heavy (non-hydrogen) atoms. The van der Waals surface area contributed by atoms with Crippen LogP contribution in [0.5, 0.6) is 0 Å². The van der Waals surface area contributed by atoms with Crippen LogP contribution < -0.4 is 0 Å². The predicted octanol–water partition coefficient (Wildman–Crippen LogP) is 3.10. The molecule has 0 saturated heterocycles. The summed E-state index contributed by atoms with van der Waals surface area (Å²) in [5.41, 5.74) is -0.914. The minimum Gasteiger partial charge on any atom is -0.250 e. The first-order chi connectivity index (χ1) is 6.86. The molecule has 0 saturated carbocycles. The Morgan fingerprint density at radius 1 is 1.40 bits per heavy atom. The quantitative estimate of drug-likeness (QED) is 0.720. The van der Waals surface area contributed by atoms with Crippen LogP contribution >= 0.6 is 0 Å². The molecule has 1 aromatic heterocycles. The molecule has 2 nitrogen and oxygen atoms in total. The van der Waals surface area contributed by atoms with Gasteiger partial charge in [0.15, 0.2) is 5.69 Å². The van der Waals surface area contributed by atoms with E-state index >= 15 is 0 Å². The van der Waals surface area contributed by atoms with Crippen LogP contribution in [0, 0.1) is 11.3 Å². The van der Waals surface area contributed by atoms with Crippen LogP contribution in [0.4, 0.5) is 13.2 Å². The van der Waals surface area contributed by atoms with Crippen LogP contribution in [0.1, 0.15) is 36.6 Å². The average Bonchev–Trinajstić information content (AvgIpc) is 2.15. The molecular formula is C10H9F3N2. The first kappa shape index (κ1) is 11.5. The van der Waals surface area contributed by atoms with E-state index in [1.807, 2.05) is 13.8 Å². The topological polar surface area (TPSA) is 36.7 Å². The molecule has 0 atom stereocenters. The lowest BCUT2D eigenvalue weighted by Gasteiger charge is -2.10. The van der Waals surface area contributed by atoms with Crippen LogP contribution in [-0.4, -0.2) is 4.98 Å². The number of hydrogen-bond donors (Lipinski definition) is 0. The summed E-state index contributed by atoms with van der Waals surface area (Å²) in [5.74, 6) is 0.0480. The maximum atomic E-state index is 12.4. The van der Waals surface area contributed by atoms with Crippen molar-refractivity contribution in [3.05, 3.63) is 29.1 Å². The fourth-order valence-corrected chi connectivity index (χ4v) is 1.11. The summed E-state index contributed by atoms with van der Waals surface area (Å²) in [5, 5.41) is 8.60. The lowest BCUT2D eigenvalue weighted by molar-refractivity contribution is -0.141. The summed E-state index contributed by atoms with van der Waals surface area (Å²) < 4.78 is 37.1. The number of aromatic nitrogens is 1. The van der Waals surface area contributed by atoms with Gasteiger partial charge in [-0.3, -0.25) is 4.98 Å². The lowest BCUT2D eigenvalue weighted by Crippen LogP contribution is -2.11. The largest absolute Gasteiger partial charge is 0.434 e. The summed E-state index contributed by atoms with van der Waals surface area (Å²) in [6, 6.07) is 2.75. The van der Waals surface area contributed by atoms with E-state index in [0.717, 1.165) is 6.20 Å². The average molecular weight is 214 g/mol. The van der Waals surface area contributed by atoms with Gasteiger partial charge in [0.25, 0.3) is 0 Å². The van der Waals surface area contributed by atoms with Crippen LogP contribution in [0.25, 0.3) is 0 Å². The number of alkyl halides is 3. The van der Waals surface area contributed by atoms with Gasteiger partial charge in [0, 0.05) is 6.20 Å². The second-order valence-electron chi connectivity index (χ2n) is 3.43. The van der Waals surface area contributed by atoms with Crippen molar-refractivity contribution in [3.8, 4) is 6.07 Å². The second-order valence-corrected chi connectivity index (χ2v) is 3.43. The molecule has 0 bridgehead atoms. The van der Waals surface area contributed by atoms with Gasteiger partial charge in [0.05, 0.1) is 5.56 Å². The molecule has 0 fully saturated rings. The summed E-state index contributed by atoms with van der Waals surface area (Å²) in [7, 11) is 0. The molecule has 0 aliphatic carbocycles. The predicted molar refractivity (Wildman–Crippen MR) is 48.0 cm³/mol. The molecule has 1 aromatic rings. The Labute approximate surface area is 85.4 Å². The molecule has 0 radical (unpaired) electrons. The van der Waals surface area contributed by atoms with E-state index in [1.165, 1.54) is 12.1 Å². The second kappa shape index (κ2) is 3.89. The molecule has 80 valence electrons. The van der Waals surface area contributed by atoms with Crippen molar-refractivity contribution in [2.75, 3.05) is 0 Å². The number of nitrogens with zero attached hydrogens (tertiary/aromatic N) is 2. The Hall–Kier alpha value is -1.57. The van der Waals surface area contributed by atoms with Crippen molar-refractivity contribution in [1.29, 1.82) is 5.26 Å². The Balaban J connectivity index is 3.29. The molecule has 0 aromatic carbocycles. The first-order valence-corrected chi connectivity index (χ1v) is 4.33. The highest BCUT2D eigenvalue weighted by Crippen LogP contribution is 2.31. The minimum absolute atomic E-state index is 0.0480. The van der Waals surface area contributed by atoms with Gasteiger partial charge in [-0.2, -0.15) is 18.4 Å². The van der Waals surface area contributed by atoms with Crippen molar-refractivity contribution in [2.45, 2.75) is 25.9 Å². The third-order valence-electron chi connectivity index (χ3n) is 1.96. The number of pyridine rings is 1. The molecule has 0 aliphatic heterocycles. The van der Waals surface area contributed by atoms with Gasteiger partial charge in [0.2, 0.25) is 0 Å². The molecule has 1 rings (SSSR count). The molecule has 1 heterocycles. The van der Waals surface area contributed by atoms with E-state index in [-0.39, 0.29) is 5.92 Å². The van der Waals surface area contributed by atoms with Gasteiger partial charge in [-0.15, -0.1) is 0 Å². The van der Waals surface area contributed by atoms with Gasteiger partial charge in [-0.25, -0.2) is 0 Å². The maximum Gasteiger partial charge on any atom is 0.434 e. The van der Waals surface area contributed by atoms with E-state index in [9.17, 15) is 13.2 Å². The lowest BCUT2D eigenvalue weighted by atomic mass is 10.0. The number of halogens is 3. The van der Waals surface area contributed by atoms with Gasteiger partial charge in [-0.1, -0.05) is 13.8 Å². The Morgan fingerprint density at radius 2 is 2.00 bits per heavy atom. The molecule has 0 unspecified atom stereocenters. The van der Waals surface area contributed by atoms with Gasteiger partial charge in [0.1, 0.15) is 6.07 Å². The van der Waals surface area contributed by atoms with E-state index in [1.54, 1.807) is 0 Å². The van der Waals surface area contributed by atoms with Gasteiger partial charge in [-0.05, 0) is 17.5 Å². The monoisotopic (exact) mass is 214 g/mol. The van der Waals surface area contributed by atoms with Crippen molar-refractivity contribution < 1.29 is 13.2 Å².